The second kappa shape index (κ2) is 9.98. The molecular weight excluding hydrogens is 461 g/mol. The van der Waals surface area contributed by atoms with E-state index in [4.69, 9.17) is 51.8 Å². The maximum Gasteiger partial charge on any atom is 0.337 e. The lowest BCUT2D eigenvalue weighted by Gasteiger charge is -2.28. The van der Waals surface area contributed by atoms with Crippen LogP contribution in [0, 0.1) is 0 Å². The van der Waals surface area contributed by atoms with E-state index in [-0.39, 0.29) is 16.4 Å². The lowest BCUT2D eigenvalue weighted by Crippen LogP contribution is -2.56. The van der Waals surface area contributed by atoms with Crippen molar-refractivity contribution in [3.05, 3.63) is 59.7 Å². The van der Waals surface area contributed by atoms with Crippen LogP contribution in [0.1, 0.15) is 20.7 Å². The van der Waals surface area contributed by atoms with E-state index in [1.165, 1.54) is 19.2 Å². The molecule has 0 aromatic heterocycles. The quantitative estimate of drug-likeness (QED) is 0.286. The van der Waals surface area contributed by atoms with Gasteiger partial charge in [-0.2, -0.15) is 0 Å². The van der Waals surface area contributed by atoms with Gasteiger partial charge in [-0.25, -0.2) is 4.79 Å². The van der Waals surface area contributed by atoms with Crippen molar-refractivity contribution in [3.8, 4) is 5.75 Å². The third kappa shape index (κ3) is 6.64. The summed E-state index contributed by atoms with van der Waals surface area (Å²) in [5, 5.41) is 17.1. The summed E-state index contributed by atoms with van der Waals surface area (Å²) in [5.41, 5.74) is 0.549. The Labute approximate surface area is 187 Å². The Morgan fingerprint density at radius 2 is 1.69 bits per heavy atom. The lowest BCUT2D eigenvalue weighted by atomic mass is 10.2. The Hall–Kier alpha value is -2.26. The number of carboxylic acid groups (broad SMARTS) is 1. The number of anilines is 1. The van der Waals surface area contributed by atoms with Gasteiger partial charge >= 0.3 is 5.97 Å². The Balaban J connectivity index is 2.11. The van der Waals surface area contributed by atoms with Gasteiger partial charge in [0.1, 0.15) is 11.9 Å². The average molecular weight is 477 g/mol. The summed E-state index contributed by atoms with van der Waals surface area (Å²) in [7, 11) is 1.51. The standard InChI is InChI=1S/C18H16Cl3N3O4S/c1-28-11-8-6-10(7-9-11)14(25)23-16(18(19,20)21)24-17(29)22-13-5-3-2-4-12(13)15(26)27/h2-9,16H,1H3,(H,23,25)(H,26,27)(H2,22,24,29). The number of ether oxygens (including phenoxy) is 1. The van der Waals surface area contributed by atoms with Gasteiger partial charge in [0.25, 0.3) is 5.91 Å². The smallest absolute Gasteiger partial charge is 0.337 e. The molecule has 7 nitrogen and oxygen atoms in total. The molecular formula is C18H16Cl3N3O4S. The number of aromatic carboxylic acids is 1. The summed E-state index contributed by atoms with van der Waals surface area (Å²) in [6, 6.07) is 12.5. The molecule has 29 heavy (non-hydrogen) atoms. The maximum absolute atomic E-state index is 12.5. The van der Waals surface area contributed by atoms with Gasteiger partial charge < -0.3 is 25.8 Å². The Morgan fingerprint density at radius 3 is 2.24 bits per heavy atom. The van der Waals surface area contributed by atoms with Crippen LogP contribution in [0.5, 0.6) is 5.75 Å². The topological polar surface area (TPSA) is 99.7 Å². The summed E-state index contributed by atoms with van der Waals surface area (Å²) in [6.07, 6.45) is -1.21. The normalized spacial score (nSPS) is 11.9. The Morgan fingerprint density at radius 1 is 1.07 bits per heavy atom. The van der Waals surface area contributed by atoms with E-state index in [0.29, 0.717) is 11.3 Å². The molecule has 0 aliphatic carbocycles. The van der Waals surface area contributed by atoms with Gasteiger partial charge in [0.15, 0.2) is 5.11 Å². The van der Waals surface area contributed by atoms with Crippen molar-refractivity contribution in [2.45, 2.75) is 9.96 Å². The van der Waals surface area contributed by atoms with E-state index < -0.39 is 21.8 Å². The minimum Gasteiger partial charge on any atom is -0.497 e. The second-order valence-corrected chi connectivity index (χ2v) is 8.40. The number of hydrogen-bond acceptors (Lipinski definition) is 4. The van der Waals surface area contributed by atoms with Gasteiger partial charge in [0.2, 0.25) is 3.79 Å². The van der Waals surface area contributed by atoms with Gasteiger partial charge in [0, 0.05) is 5.56 Å². The van der Waals surface area contributed by atoms with E-state index in [9.17, 15) is 14.7 Å². The lowest BCUT2D eigenvalue weighted by molar-refractivity contribution is 0.0697. The molecule has 0 aliphatic rings. The molecule has 1 amide bonds. The second-order valence-electron chi connectivity index (χ2n) is 5.63. The minimum atomic E-state index is -1.96. The van der Waals surface area contributed by atoms with Gasteiger partial charge in [-0.15, -0.1) is 0 Å². The molecule has 0 saturated heterocycles. The number of rotatable bonds is 6. The molecule has 0 aliphatic heterocycles. The monoisotopic (exact) mass is 475 g/mol. The molecule has 2 aromatic rings. The highest BCUT2D eigenvalue weighted by atomic mass is 35.6. The highest BCUT2D eigenvalue weighted by Crippen LogP contribution is 2.29. The van der Waals surface area contributed by atoms with Crippen LogP contribution >= 0.6 is 47.0 Å². The van der Waals surface area contributed by atoms with Crippen molar-refractivity contribution >= 4 is 69.7 Å². The fourth-order valence-electron chi connectivity index (χ4n) is 2.22. The summed E-state index contributed by atoms with van der Waals surface area (Å²) in [4.78, 5) is 23.8. The molecule has 0 heterocycles. The zero-order chi connectivity index (χ0) is 21.6. The number of para-hydroxylation sites is 1. The number of carbonyl (C=O) groups excluding carboxylic acids is 1. The molecule has 154 valence electrons. The first-order chi connectivity index (χ1) is 13.6. The van der Waals surface area contributed by atoms with Crippen LogP contribution in [0.3, 0.4) is 0 Å². The third-order valence-corrected chi connectivity index (χ3v) is 4.51. The van der Waals surface area contributed by atoms with Crippen LogP contribution < -0.4 is 20.7 Å². The zero-order valence-electron chi connectivity index (χ0n) is 14.9. The number of thiocarbonyl (C=S) groups is 1. The van der Waals surface area contributed by atoms with Crippen molar-refractivity contribution < 1.29 is 19.4 Å². The number of halogens is 3. The predicted octanol–water partition coefficient (Wildman–Crippen LogP) is 3.81. The van der Waals surface area contributed by atoms with Crippen LogP contribution in [0.4, 0.5) is 5.69 Å². The van der Waals surface area contributed by atoms with E-state index in [1.54, 1.807) is 36.4 Å². The van der Waals surface area contributed by atoms with Gasteiger partial charge in [-0.05, 0) is 48.6 Å². The molecule has 0 saturated carbocycles. The fraction of sp³-hybridized carbons (Fsp3) is 0.167. The number of hydrogen-bond donors (Lipinski definition) is 4. The fourth-order valence-corrected chi connectivity index (χ4v) is 2.78. The third-order valence-electron chi connectivity index (χ3n) is 3.64. The van der Waals surface area contributed by atoms with Crippen molar-refractivity contribution in [2.75, 3.05) is 12.4 Å². The molecule has 0 fully saturated rings. The van der Waals surface area contributed by atoms with Crippen molar-refractivity contribution in [2.24, 2.45) is 0 Å². The van der Waals surface area contributed by atoms with Crippen molar-refractivity contribution in [1.82, 2.24) is 10.6 Å². The minimum absolute atomic E-state index is 0.00403. The number of carbonyl (C=O) groups is 2. The van der Waals surface area contributed by atoms with Crippen LogP contribution in [0.25, 0.3) is 0 Å². The number of carboxylic acids is 1. The van der Waals surface area contributed by atoms with E-state index >= 15 is 0 Å². The SMILES string of the molecule is COc1ccc(C(=O)NC(NC(=S)Nc2ccccc2C(=O)O)C(Cl)(Cl)Cl)cc1. The van der Waals surface area contributed by atoms with Crippen LogP contribution in [0.15, 0.2) is 48.5 Å². The molecule has 0 bridgehead atoms. The number of nitrogens with one attached hydrogen (secondary N) is 3. The molecule has 0 radical (unpaired) electrons. The average Bonchev–Trinajstić information content (AvgIpc) is 2.67. The summed E-state index contributed by atoms with van der Waals surface area (Å²) >= 11 is 23.0. The summed E-state index contributed by atoms with van der Waals surface area (Å²) < 4.78 is 3.09. The number of methoxy groups -OCH3 is 1. The Bertz CT molecular complexity index is 904. The predicted molar refractivity (Wildman–Crippen MR) is 117 cm³/mol. The van der Waals surface area contributed by atoms with E-state index in [1.807, 2.05) is 0 Å². The largest absolute Gasteiger partial charge is 0.497 e. The first kappa shape index (κ1) is 23.0. The maximum atomic E-state index is 12.5. The van der Waals surface area contributed by atoms with Crippen LogP contribution in [-0.2, 0) is 0 Å². The number of benzene rings is 2. The summed E-state index contributed by atoms with van der Waals surface area (Å²) in [5.74, 6) is -1.08. The van der Waals surface area contributed by atoms with Gasteiger partial charge in [-0.3, -0.25) is 4.79 Å². The van der Waals surface area contributed by atoms with E-state index in [0.717, 1.165) is 0 Å². The van der Waals surface area contributed by atoms with E-state index in [2.05, 4.69) is 16.0 Å². The first-order valence-electron chi connectivity index (χ1n) is 8.03. The Kier molecular flexibility index (Phi) is 7.92. The van der Waals surface area contributed by atoms with Crippen LogP contribution in [-0.4, -0.2) is 39.2 Å². The number of alkyl halides is 3. The summed E-state index contributed by atoms with van der Waals surface area (Å²) in [6.45, 7) is 0. The number of amides is 1. The van der Waals surface area contributed by atoms with Crippen molar-refractivity contribution in [1.29, 1.82) is 0 Å². The van der Waals surface area contributed by atoms with Crippen LogP contribution in [0.2, 0.25) is 0 Å². The van der Waals surface area contributed by atoms with Gasteiger partial charge in [-0.1, -0.05) is 46.9 Å². The highest BCUT2D eigenvalue weighted by molar-refractivity contribution is 7.80. The molecule has 0 spiro atoms. The molecule has 2 aromatic carbocycles. The molecule has 11 heteroatoms. The highest BCUT2D eigenvalue weighted by Gasteiger charge is 2.35. The molecule has 1 atom stereocenters. The van der Waals surface area contributed by atoms with Gasteiger partial charge in [0.05, 0.1) is 18.4 Å². The molecule has 4 N–H and O–H groups in total. The first-order valence-corrected chi connectivity index (χ1v) is 9.57. The zero-order valence-corrected chi connectivity index (χ0v) is 18.0. The molecule has 2 rings (SSSR count). The molecule has 1 unspecified atom stereocenters. The van der Waals surface area contributed by atoms with Crippen molar-refractivity contribution in [3.63, 3.8) is 0 Å².